The van der Waals surface area contributed by atoms with Crippen LogP contribution in [0.3, 0.4) is 0 Å². The van der Waals surface area contributed by atoms with E-state index in [1.54, 1.807) is 17.1 Å². The van der Waals surface area contributed by atoms with Gasteiger partial charge in [0.25, 0.3) is 0 Å². The van der Waals surface area contributed by atoms with Gasteiger partial charge >= 0.3 is 0 Å². The summed E-state index contributed by atoms with van der Waals surface area (Å²) in [6.07, 6.45) is 14.9. The molecule has 5 rings (SSSR count). The zero-order valence-corrected chi connectivity index (χ0v) is 23.8. The normalized spacial score (nSPS) is 37.9. The van der Waals surface area contributed by atoms with Crippen molar-refractivity contribution in [2.45, 2.75) is 111 Å². The highest BCUT2D eigenvalue weighted by Gasteiger charge is 2.61. The molecular weight excluding hydrogens is 450 g/mol. The van der Waals surface area contributed by atoms with Gasteiger partial charge in [-0.25, -0.2) is 0 Å². The van der Waals surface area contributed by atoms with Gasteiger partial charge in [0.1, 0.15) is 0 Å². The molecule has 5 heteroatoms. The summed E-state index contributed by atoms with van der Waals surface area (Å²) in [5, 5.41) is 7.86. The van der Waals surface area contributed by atoms with Crippen LogP contribution >= 0.6 is 11.5 Å². The van der Waals surface area contributed by atoms with Crippen molar-refractivity contribution in [2.75, 3.05) is 6.54 Å². The molecule has 194 valence electrons. The first-order valence-electron chi connectivity index (χ1n) is 14.4. The number of unbranched alkanes of at least 4 members (excludes halogenated alkanes) is 3. The second kappa shape index (κ2) is 9.26. The minimum atomic E-state index is -0.0109. The molecular formula is C30H47N3OS. The van der Waals surface area contributed by atoms with Crippen LogP contribution in [0.5, 0.6) is 0 Å². The number of hydrogen-bond acceptors (Lipinski definition) is 4. The van der Waals surface area contributed by atoms with E-state index in [0.29, 0.717) is 17.2 Å². The number of amides is 1. The lowest BCUT2D eigenvalue weighted by molar-refractivity contribution is -0.129. The van der Waals surface area contributed by atoms with E-state index in [1.165, 1.54) is 61.9 Å². The van der Waals surface area contributed by atoms with Crippen molar-refractivity contribution in [1.29, 1.82) is 0 Å². The second-order valence-corrected chi connectivity index (χ2v) is 14.2. The number of rotatable bonds is 7. The largest absolute Gasteiger partial charge is 0.356 e. The first kappa shape index (κ1) is 25.4. The molecule has 2 fully saturated rings. The third-order valence-electron chi connectivity index (χ3n) is 11.2. The lowest BCUT2D eigenvalue weighted by Gasteiger charge is -2.59. The zero-order chi connectivity index (χ0) is 25.0. The molecule has 0 bridgehead atoms. The van der Waals surface area contributed by atoms with Gasteiger partial charge in [0.05, 0.1) is 10.6 Å². The van der Waals surface area contributed by atoms with E-state index in [4.69, 9.17) is 0 Å². The van der Waals surface area contributed by atoms with Crippen molar-refractivity contribution < 1.29 is 4.79 Å². The quantitative estimate of drug-likeness (QED) is 0.323. The molecule has 0 saturated heterocycles. The van der Waals surface area contributed by atoms with Crippen LogP contribution in [0.2, 0.25) is 0 Å². The predicted molar refractivity (Wildman–Crippen MR) is 144 cm³/mol. The molecule has 1 amide bonds. The third-order valence-corrected chi connectivity index (χ3v) is 12.0. The topological polar surface area (TPSA) is 54.9 Å². The summed E-state index contributed by atoms with van der Waals surface area (Å²) >= 11 is 1.63. The van der Waals surface area contributed by atoms with Crippen LogP contribution in [0.1, 0.15) is 110 Å². The first-order chi connectivity index (χ1) is 16.6. The van der Waals surface area contributed by atoms with E-state index in [9.17, 15) is 4.79 Å². The molecule has 0 aromatic carbocycles. The van der Waals surface area contributed by atoms with Gasteiger partial charge in [0.15, 0.2) is 0 Å². The van der Waals surface area contributed by atoms with Crippen LogP contribution in [0.15, 0.2) is 11.6 Å². The van der Waals surface area contributed by atoms with E-state index in [1.807, 2.05) is 0 Å². The minimum absolute atomic E-state index is 0.0109. The molecule has 4 nitrogen and oxygen atoms in total. The molecule has 2 saturated carbocycles. The predicted octanol–water partition coefficient (Wildman–Crippen LogP) is 7.10. The highest BCUT2D eigenvalue weighted by Crippen LogP contribution is 2.68. The lowest BCUT2D eigenvalue weighted by atomic mass is 9.45. The Kier molecular flexibility index (Phi) is 6.72. The van der Waals surface area contributed by atoms with Crippen molar-refractivity contribution in [3.05, 3.63) is 22.2 Å². The Morgan fingerprint density at radius 2 is 1.94 bits per heavy atom. The number of carbonyl (C=O) groups excluding carboxylic acids is 1. The molecule has 4 aliphatic carbocycles. The monoisotopic (exact) mass is 497 g/mol. The number of fused-ring (bicyclic) bond motifs is 6. The van der Waals surface area contributed by atoms with E-state index < -0.39 is 0 Å². The van der Waals surface area contributed by atoms with Gasteiger partial charge in [0, 0.05) is 17.9 Å². The van der Waals surface area contributed by atoms with E-state index in [-0.39, 0.29) is 16.7 Å². The lowest BCUT2D eigenvalue weighted by Crippen LogP contribution is -2.54. The van der Waals surface area contributed by atoms with Crippen LogP contribution in [0.4, 0.5) is 0 Å². The fourth-order valence-electron chi connectivity index (χ4n) is 9.52. The fourth-order valence-corrected chi connectivity index (χ4v) is 10.5. The fraction of sp³-hybridized carbons (Fsp3) is 0.833. The van der Waals surface area contributed by atoms with Gasteiger partial charge in [0.2, 0.25) is 5.91 Å². The Hall–Kier alpha value is -1.23. The van der Waals surface area contributed by atoms with Crippen LogP contribution in [-0.2, 0) is 16.6 Å². The van der Waals surface area contributed by atoms with Gasteiger partial charge in [-0.3, -0.25) is 4.79 Å². The molecule has 0 spiro atoms. The summed E-state index contributed by atoms with van der Waals surface area (Å²) < 4.78 is 4.36. The molecule has 0 aliphatic heterocycles. The van der Waals surface area contributed by atoms with Crippen LogP contribution in [-0.4, -0.2) is 22.0 Å². The summed E-state index contributed by atoms with van der Waals surface area (Å²) in [6.45, 7) is 15.2. The van der Waals surface area contributed by atoms with E-state index in [2.05, 4.69) is 62.5 Å². The molecule has 0 unspecified atom stereocenters. The number of nitrogens with zero attached hydrogens (tertiary/aromatic N) is 2. The van der Waals surface area contributed by atoms with Gasteiger partial charge in [-0.15, -0.1) is 5.10 Å². The molecule has 1 heterocycles. The van der Waals surface area contributed by atoms with Gasteiger partial charge in [-0.2, -0.15) is 0 Å². The molecule has 1 N–H and O–H groups in total. The SMILES string of the molecule is CCCCCCNC(=O)[C@@H](C)[C@H]1CC[C@H]2[C@@H]3CC=C4C(C)(C)c5nnsc5C[C@]4(C)[C@H]3CC[C@]12C. The van der Waals surface area contributed by atoms with Crippen molar-refractivity contribution in [3.63, 3.8) is 0 Å². The molecule has 1 aromatic heterocycles. The average Bonchev–Trinajstić information content (AvgIpc) is 3.42. The summed E-state index contributed by atoms with van der Waals surface area (Å²) in [6, 6.07) is 0. The van der Waals surface area contributed by atoms with Crippen LogP contribution in [0, 0.1) is 40.4 Å². The molecule has 0 radical (unpaired) electrons. The van der Waals surface area contributed by atoms with Gasteiger partial charge in [-0.05, 0) is 91.0 Å². The smallest absolute Gasteiger partial charge is 0.223 e. The molecule has 35 heavy (non-hydrogen) atoms. The van der Waals surface area contributed by atoms with Gasteiger partial charge < -0.3 is 5.32 Å². The van der Waals surface area contributed by atoms with Crippen LogP contribution < -0.4 is 5.32 Å². The molecule has 7 atom stereocenters. The van der Waals surface area contributed by atoms with Crippen molar-refractivity contribution in [3.8, 4) is 0 Å². The van der Waals surface area contributed by atoms with E-state index >= 15 is 0 Å². The summed E-state index contributed by atoms with van der Waals surface area (Å²) in [7, 11) is 0. The maximum Gasteiger partial charge on any atom is 0.223 e. The molecule has 1 aromatic rings. The number of aromatic nitrogens is 2. The Morgan fingerprint density at radius 1 is 1.14 bits per heavy atom. The highest BCUT2D eigenvalue weighted by molar-refractivity contribution is 7.05. The number of carbonyl (C=O) groups is 1. The maximum atomic E-state index is 13.1. The van der Waals surface area contributed by atoms with Crippen molar-refractivity contribution in [1.82, 2.24) is 14.9 Å². The number of allylic oxidation sites excluding steroid dienone is 2. The summed E-state index contributed by atoms with van der Waals surface area (Å²) in [5.41, 5.74) is 3.35. The Bertz CT molecular complexity index is 982. The molecule has 4 aliphatic rings. The van der Waals surface area contributed by atoms with Crippen LogP contribution in [0.25, 0.3) is 0 Å². The Balaban J connectivity index is 1.33. The van der Waals surface area contributed by atoms with Crippen molar-refractivity contribution in [2.24, 2.45) is 40.4 Å². The maximum absolute atomic E-state index is 13.1. The van der Waals surface area contributed by atoms with Gasteiger partial charge in [-0.1, -0.05) is 76.9 Å². The second-order valence-electron chi connectivity index (χ2n) is 13.4. The summed E-state index contributed by atoms with van der Waals surface area (Å²) in [4.78, 5) is 14.5. The summed E-state index contributed by atoms with van der Waals surface area (Å²) in [5.74, 6) is 3.16. The Morgan fingerprint density at radius 3 is 2.71 bits per heavy atom. The minimum Gasteiger partial charge on any atom is -0.356 e. The number of nitrogens with one attached hydrogen (secondary N) is 1. The standard InChI is InChI=1S/C30H47N3OS/c1-7-8-9-10-17-31-27(34)19(2)21-12-13-22-20-11-14-25-28(3,4)26-24(35-33-32-26)18-30(25,6)23(20)15-16-29(21,22)5/h14,19-23H,7-13,15-18H2,1-6H3,(H,31,34)/t19-,20-,21+,22-,23-,29+,30+/m0/s1. The first-order valence-corrected chi connectivity index (χ1v) is 15.2. The highest BCUT2D eigenvalue weighted by atomic mass is 32.1. The average molecular weight is 498 g/mol. The Labute approximate surface area is 217 Å². The van der Waals surface area contributed by atoms with E-state index in [0.717, 1.165) is 37.1 Å². The third kappa shape index (κ3) is 3.94. The number of hydrogen-bond donors (Lipinski definition) is 1. The zero-order valence-electron chi connectivity index (χ0n) is 23.0. The van der Waals surface area contributed by atoms with Crippen molar-refractivity contribution >= 4 is 17.4 Å².